The number of nitrogens with one attached hydrogen (secondary N) is 1. The van der Waals surface area contributed by atoms with Gasteiger partial charge in [0.2, 0.25) is 0 Å². The molecular formula is C15H19BrN2S. The molecule has 0 fully saturated rings. The van der Waals surface area contributed by atoms with E-state index < -0.39 is 0 Å². The van der Waals surface area contributed by atoms with Gasteiger partial charge in [0.1, 0.15) is 0 Å². The van der Waals surface area contributed by atoms with Gasteiger partial charge in [-0.1, -0.05) is 15.9 Å². The predicted octanol–water partition coefficient (Wildman–Crippen LogP) is 4.55. The van der Waals surface area contributed by atoms with Crippen molar-refractivity contribution in [3.05, 3.63) is 49.6 Å². The molecule has 0 saturated carbocycles. The Balaban J connectivity index is 2.27. The van der Waals surface area contributed by atoms with Crippen molar-refractivity contribution in [1.29, 1.82) is 0 Å². The topological polar surface area (TPSA) is 38.0 Å². The van der Waals surface area contributed by atoms with Crippen molar-refractivity contribution in [3.63, 3.8) is 0 Å². The molecule has 102 valence electrons. The molecule has 0 saturated heterocycles. The second kappa shape index (κ2) is 6.07. The average molecular weight is 339 g/mol. The summed E-state index contributed by atoms with van der Waals surface area (Å²) < 4.78 is 1.18. The van der Waals surface area contributed by atoms with Crippen molar-refractivity contribution in [2.45, 2.75) is 26.8 Å². The molecule has 19 heavy (non-hydrogen) atoms. The number of hydrogen-bond acceptors (Lipinski definition) is 3. The van der Waals surface area contributed by atoms with Gasteiger partial charge in [-0.15, -0.1) is 11.3 Å². The normalized spacial score (nSPS) is 12.5. The molecule has 2 nitrogen and oxygen atoms in total. The Morgan fingerprint density at radius 2 is 1.84 bits per heavy atom. The minimum absolute atomic E-state index is 0.181. The van der Waals surface area contributed by atoms with E-state index in [1.807, 2.05) is 0 Å². The highest BCUT2D eigenvalue weighted by atomic mass is 79.9. The van der Waals surface area contributed by atoms with Gasteiger partial charge < -0.3 is 11.1 Å². The van der Waals surface area contributed by atoms with E-state index in [0.717, 1.165) is 5.69 Å². The number of nitrogens with two attached hydrogens (primary N) is 1. The fraction of sp³-hybridized carbons (Fsp3) is 0.333. The zero-order chi connectivity index (χ0) is 14.0. The third kappa shape index (κ3) is 3.19. The average Bonchev–Trinajstić information content (AvgIpc) is 2.79. The lowest BCUT2D eigenvalue weighted by atomic mass is 10.1. The molecule has 1 heterocycles. The fourth-order valence-electron chi connectivity index (χ4n) is 2.20. The fourth-order valence-corrected chi connectivity index (χ4v) is 3.42. The Labute approximate surface area is 127 Å². The smallest absolute Gasteiger partial charge is 0.0731 e. The summed E-state index contributed by atoms with van der Waals surface area (Å²) in [5.41, 5.74) is 10.8. The Kier molecular flexibility index (Phi) is 4.66. The number of benzene rings is 1. The van der Waals surface area contributed by atoms with E-state index in [4.69, 9.17) is 5.73 Å². The van der Waals surface area contributed by atoms with Crippen LogP contribution in [0.2, 0.25) is 0 Å². The summed E-state index contributed by atoms with van der Waals surface area (Å²) in [6.45, 7) is 6.94. The van der Waals surface area contributed by atoms with Gasteiger partial charge in [-0.2, -0.15) is 0 Å². The number of aryl methyl sites for hydroxylation is 3. The molecule has 4 heteroatoms. The number of thiophene rings is 1. The zero-order valence-electron chi connectivity index (χ0n) is 11.5. The maximum Gasteiger partial charge on any atom is 0.0731 e. The summed E-state index contributed by atoms with van der Waals surface area (Å²) in [4.78, 5) is 1.32. The standard InChI is InChI=1S/C15H19BrN2S/c1-9-4-5-19-15(9)13(8-17)18-12-6-10(2)14(16)11(3)7-12/h4-7,13,18H,8,17H2,1-3H3. The van der Waals surface area contributed by atoms with Crippen molar-refractivity contribution in [2.75, 3.05) is 11.9 Å². The van der Waals surface area contributed by atoms with E-state index in [0.29, 0.717) is 6.54 Å². The highest BCUT2D eigenvalue weighted by Crippen LogP contribution is 2.30. The second-order valence-corrected chi connectivity index (χ2v) is 6.57. The third-order valence-corrected chi connectivity index (χ3v) is 5.61. The van der Waals surface area contributed by atoms with E-state index in [2.05, 4.69) is 65.6 Å². The first-order valence-corrected chi connectivity index (χ1v) is 7.97. The van der Waals surface area contributed by atoms with Crippen LogP contribution in [0, 0.1) is 20.8 Å². The SMILES string of the molecule is Cc1ccsc1C(CN)Nc1cc(C)c(Br)c(C)c1. The Morgan fingerprint density at radius 1 is 1.21 bits per heavy atom. The van der Waals surface area contributed by atoms with Crippen molar-refractivity contribution >= 4 is 33.0 Å². The summed E-state index contributed by atoms with van der Waals surface area (Å²) in [5, 5.41) is 5.66. The quantitative estimate of drug-likeness (QED) is 0.858. The van der Waals surface area contributed by atoms with E-state index in [1.165, 1.54) is 26.0 Å². The largest absolute Gasteiger partial charge is 0.376 e. The van der Waals surface area contributed by atoms with E-state index in [9.17, 15) is 0 Å². The van der Waals surface area contributed by atoms with Crippen LogP contribution in [0.4, 0.5) is 5.69 Å². The Hall–Kier alpha value is -0.840. The first-order valence-electron chi connectivity index (χ1n) is 6.30. The Bertz CT molecular complexity index is 554. The molecule has 0 radical (unpaired) electrons. The van der Waals surface area contributed by atoms with Crippen LogP contribution >= 0.6 is 27.3 Å². The summed E-state index contributed by atoms with van der Waals surface area (Å²) in [6, 6.07) is 6.63. The van der Waals surface area contributed by atoms with E-state index >= 15 is 0 Å². The van der Waals surface area contributed by atoms with Crippen molar-refractivity contribution in [2.24, 2.45) is 5.73 Å². The molecule has 1 aromatic heterocycles. The molecule has 0 aliphatic rings. The second-order valence-electron chi connectivity index (χ2n) is 4.82. The van der Waals surface area contributed by atoms with E-state index in [1.54, 1.807) is 11.3 Å². The van der Waals surface area contributed by atoms with Crippen LogP contribution in [-0.4, -0.2) is 6.54 Å². The molecule has 0 aliphatic carbocycles. The molecule has 0 aliphatic heterocycles. The van der Waals surface area contributed by atoms with E-state index in [-0.39, 0.29) is 6.04 Å². The molecule has 1 aromatic carbocycles. The molecule has 0 bridgehead atoms. The number of rotatable bonds is 4. The van der Waals surface area contributed by atoms with Crippen LogP contribution in [0.5, 0.6) is 0 Å². The number of anilines is 1. The first-order chi connectivity index (χ1) is 9.02. The highest BCUT2D eigenvalue weighted by molar-refractivity contribution is 9.10. The molecule has 1 atom stereocenters. The van der Waals surface area contributed by atoms with Gasteiger partial charge in [-0.3, -0.25) is 0 Å². The van der Waals surface area contributed by atoms with Crippen LogP contribution in [0.25, 0.3) is 0 Å². The maximum atomic E-state index is 5.92. The molecule has 3 N–H and O–H groups in total. The summed E-state index contributed by atoms with van der Waals surface area (Å²) >= 11 is 5.36. The van der Waals surface area contributed by atoms with Gasteiger partial charge in [0, 0.05) is 21.6 Å². The highest BCUT2D eigenvalue weighted by Gasteiger charge is 2.14. The molecule has 2 rings (SSSR count). The number of hydrogen-bond donors (Lipinski definition) is 2. The lowest BCUT2D eigenvalue weighted by Crippen LogP contribution is -2.20. The molecule has 2 aromatic rings. The monoisotopic (exact) mass is 338 g/mol. The predicted molar refractivity (Wildman–Crippen MR) is 88.1 cm³/mol. The molecule has 0 amide bonds. The Morgan fingerprint density at radius 3 is 2.32 bits per heavy atom. The van der Waals surface area contributed by atoms with Crippen LogP contribution < -0.4 is 11.1 Å². The summed E-state index contributed by atoms with van der Waals surface area (Å²) in [6.07, 6.45) is 0. The summed E-state index contributed by atoms with van der Waals surface area (Å²) in [5.74, 6) is 0. The van der Waals surface area contributed by atoms with Crippen molar-refractivity contribution in [3.8, 4) is 0 Å². The van der Waals surface area contributed by atoms with Crippen LogP contribution in [0.3, 0.4) is 0 Å². The van der Waals surface area contributed by atoms with Gasteiger partial charge in [0.05, 0.1) is 6.04 Å². The third-order valence-electron chi connectivity index (χ3n) is 3.23. The minimum Gasteiger partial charge on any atom is -0.376 e. The van der Waals surface area contributed by atoms with Crippen LogP contribution in [0.1, 0.15) is 27.6 Å². The van der Waals surface area contributed by atoms with Crippen LogP contribution in [-0.2, 0) is 0 Å². The molecular weight excluding hydrogens is 320 g/mol. The van der Waals surface area contributed by atoms with Gasteiger partial charge in [0.15, 0.2) is 0 Å². The van der Waals surface area contributed by atoms with Gasteiger partial charge in [-0.05, 0) is 61.0 Å². The zero-order valence-corrected chi connectivity index (χ0v) is 13.9. The molecule has 1 unspecified atom stereocenters. The maximum absolute atomic E-state index is 5.92. The minimum atomic E-state index is 0.181. The van der Waals surface area contributed by atoms with Gasteiger partial charge in [0.25, 0.3) is 0 Å². The lowest BCUT2D eigenvalue weighted by Gasteiger charge is -2.19. The van der Waals surface area contributed by atoms with Gasteiger partial charge in [-0.25, -0.2) is 0 Å². The van der Waals surface area contributed by atoms with Crippen molar-refractivity contribution in [1.82, 2.24) is 0 Å². The first kappa shape index (κ1) is 14.6. The van der Waals surface area contributed by atoms with Crippen molar-refractivity contribution < 1.29 is 0 Å². The van der Waals surface area contributed by atoms with Gasteiger partial charge >= 0.3 is 0 Å². The molecule has 0 spiro atoms. The number of halogens is 1. The van der Waals surface area contributed by atoms with Crippen LogP contribution in [0.15, 0.2) is 28.1 Å². The lowest BCUT2D eigenvalue weighted by molar-refractivity contribution is 0.800. The summed E-state index contributed by atoms with van der Waals surface area (Å²) in [7, 11) is 0.